The fourth-order valence-electron chi connectivity index (χ4n) is 3.02. The first-order chi connectivity index (χ1) is 9.95. The Morgan fingerprint density at radius 1 is 1.19 bits per heavy atom. The first-order valence-electron chi connectivity index (χ1n) is 7.80. The van der Waals surface area contributed by atoms with E-state index in [-0.39, 0.29) is 11.4 Å². The molecule has 2 aliphatic heterocycles. The van der Waals surface area contributed by atoms with Gasteiger partial charge in [0.1, 0.15) is 5.69 Å². The third-order valence-electron chi connectivity index (χ3n) is 4.37. The highest BCUT2D eigenvalue weighted by molar-refractivity contribution is 5.92. The summed E-state index contributed by atoms with van der Waals surface area (Å²) in [5.41, 5.74) is 0.746. The van der Waals surface area contributed by atoms with Crippen LogP contribution >= 0.6 is 0 Å². The smallest absolute Gasteiger partial charge is 0.274 e. The van der Waals surface area contributed by atoms with E-state index in [1.807, 2.05) is 15.7 Å². The summed E-state index contributed by atoms with van der Waals surface area (Å²) in [4.78, 5) is 21.4. The number of piperazine rings is 1. The molecule has 116 valence electrons. The molecule has 0 aromatic carbocycles. The van der Waals surface area contributed by atoms with Crippen molar-refractivity contribution < 1.29 is 4.79 Å². The van der Waals surface area contributed by atoms with Crippen LogP contribution in [-0.4, -0.2) is 63.5 Å². The molecule has 0 saturated carbocycles. The summed E-state index contributed by atoms with van der Waals surface area (Å²) in [5.74, 6) is 0.894. The quantitative estimate of drug-likeness (QED) is 0.846. The van der Waals surface area contributed by atoms with E-state index in [0.29, 0.717) is 5.69 Å². The van der Waals surface area contributed by atoms with Crippen molar-refractivity contribution in [2.75, 3.05) is 38.0 Å². The first-order valence-corrected chi connectivity index (χ1v) is 7.80. The number of hydrogen-bond donors (Lipinski definition) is 1. The van der Waals surface area contributed by atoms with Crippen molar-refractivity contribution >= 4 is 11.9 Å². The van der Waals surface area contributed by atoms with Gasteiger partial charge >= 0.3 is 0 Å². The summed E-state index contributed by atoms with van der Waals surface area (Å²) < 4.78 is 2.04. The summed E-state index contributed by atoms with van der Waals surface area (Å²) in [6.45, 7) is 12.0. The number of rotatable bonds is 1. The third-order valence-corrected chi connectivity index (χ3v) is 4.37. The van der Waals surface area contributed by atoms with E-state index in [9.17, 15) is 4.79 Å². The summed E-state index contributed by atoms with van der Waals surface area (Å²) >= 11 is 0. The van der Waals surface area contributed by atoms with Crippen molar-refractivity contribution in [3.63, 3.8) is 0 Å². The van der Waals surface area contributed by atoms with Gasteiger partial charge in [0.15, 0.2) is 0 Å². The number of carbonyl (C=O) groups excluding carboxylic acids is 1. The molecule has 1 fully saturated rings. The van der Waals surface area contributed by atoms with Crippen LogP contribution in [0.2, 0.25) is 0 Å². The van der Waals surface area contributed by atoms with E-state index in [1.165, 1.54) is 0 Å². The van der Waals surface area contributed by atoms with Gasteiger partial charge in [0.2, 0.25) is 5.95 Å². The molecule has 1 aromatic rings. The van der Waals surface area contributed by atoms with Gasteiger partial charge in [-0.25, -0.2) is 4.98 Å². The average molecular weight is 291 g/mol. The molecule has 6 nitrogen and oxygen atoms in total. The number of imidazole rings is 1. The monoisotopic (exact) mass is 291 g/mol. The largest absolute Gasteiger partial charge is 0.356 e. The molecular weight excluding hydrogens is 266 g/mol. The number of fused-ring (bicyclic) bond motifs is 1. The standard InChI is InChI=1S/C15H25N5O/c1-15(2,3)20-9-7-18(8-10-20)13(21)12-11-19-6-4-5-16-14(19)17-12/h11H,4-10H2,1-3H3,(H,16,17). The van der Waals surface area contributed by atoms with Crippen LogP contribution in [0.4, 0.5) is 5.95 Å². The predicted molar refractivity (Wildman–Crippen MR) is 82.6 cm³/mol. The van der Waals surface area contributed by atoms with Crippen LogP contribution in [0.25, 0.3) is 0 Å². The maximum absolute atomic E-state index is 12.6. The Kier molecular flexibility index (Phi) is 3.65. The Labute approximate surface area is 126 Å². The second kappa shape index (κ2) is 5.33. The van der Waals surface area contributed by atoms with Crippen LogP contribution < -0.4 is 5.32 Å². The molecule has 21 heavy (non-hydrogen) atoms. The van der Waals surface area contributed by atoms with Crippen molar-refractivity contribution in [1.29, 1.82) is 0 Å². The van der Waals surface area contributed by atoms with Gasteiger partial charge in [-0.3, -0.25) is 9.69 Å². The summed E-state index contributed by atoms with van der Waals surface area (Å²) in [6, 6.07) is 0. The molecule has 0 unspecified atom stereocenters. The zero-order valence-corrected chi connectivity index (χ0v) is 13.2. The molecule has 1 amide bonds. The zero-order valence-electron chi connectivity index (χ0n) is 13.2. The Balaban J connectivity index is 1.65. The molecule has 0 aliphatic carbocycles. The molecule has 3 heterocycles. The number of amides is 1. The van der Waals surface area contributed by atoms with Gasteiger partial charge in [0, 0.05) is 51.0 Å². The van der Waals surface area contributed by atoms with Crippen molar-refractivity contribution in [3.05, 3.63) is 11.9 Å². The second-order valence-corrected chi connectivity index (χ2v) is 6.87. The van der Waals surface area contributed by atoms with Gasteiger partial charge in [-0.05, 0) is 27.2 Å². The highest BCUT2D eigenvalue weighted by Gasteiger charge is 2.29. The van der Waals surface area contributed by atoms with Gasteiger partial charge in [-0.15, -0.1) is 0 Å². The normalized spacial score (nSPS) is 20.0. The van der Waals surface area contributed by atoms with Crippen molar-refractivity contribution in [2.24, 2.45) is 0 Å². The molecular formula is C15H25N5O. The van der Waals surface area contributed by atoms with E-state index in [1.54, 1.807) is 0 Å². The van der Waals surface area contributed by atoms with Crippen LogP contribution in [0.3, 0.4) is 0 Å². The number of nitrogens with one attached hydrogen (secondary N) is 1. The molecule has 0 atom stereocenters. The minimum atomic E-state index is 0.0623. The molecule has 2 aliphatic rings. The Morgan fingerprint density at radius 3 is 2.52 bits per heavy atom. The molecule has 0 spiro atoms. The number of aryl methyl sites for hydroxylation is 1. The number of anilines is 1. The molecule has 0 radical (unpaired) electrons. The van der Waals surface area contributed by atoms with Crippen molar-refractivity contribution in [2.45, 2.75) is 39.3 Å². The summed E-state index contributed by atoms with van der Waals surface area (Å²) in [6.07, 6.45) is 2.97. The van der Waals surface area contributed by atoms with Crippen LogP contribution in [-0.2, 0) is 6.54 Å². The summed E-state index contributed by atoms with van der Waals surface area (Å²) in [7, 11) is 0. The fourth-order valence-corrected chi connectivity index (χ4v) is 3.02. The minimum Gasteiger partial charge on any atom is -0.356 e. The Hall–Kier alpha value is -1.56. The van der Waals surface area contributed by atoms with Crippen LogP contribution in [0.15, 0.2) is 6.20 Å². The number of aromatic nitrogens is 2. The highest BCUT2D eigenvalue weighted by Crippen LogP contribution is 2.19. The number of hydrogen-bond acceptors (Lipinski definition) is 4. The van der Waals surface area contributed by atoms with Gasteiger partial charge < -0.3 is 14.8 Å². The minimum absolute atomic E-state index is 0.0623. The molecule has 1 aromatic heterocycles. The van der Waals surface area contributed by atoms with Crippen molar-refractivity contribution in [1.82, 2.24) is 19.4 Å². The van der Waals surface area contributed by atoms with Gasteiger partial charge in [0.05, 0.1) is 0 Å². The molecule has 6 heteroatoms. The lowest BCUT2D eigenvalue weighted by atomic mass is 10.0. The zero-order chi connectivity index (χ0) is 15.0. The van der Waals surface area contributed by atoms with E-state index >= 15 is 0 Å². The van der Waals surface area contributed by atoms with E-state index in [0.717, 1.165) is 51.6 Å². The molecule has 1 saturated heterocycles. The lowest BCUT2D eigenvalue weighted by molar-refractivity contribution is 0.0447. The Morgan fingerprint density at radius 2 is 1.90 bits per heavy atom. The number of nitrogens with zero attached hydrogens (tertiary/aromatic N) is 4. The van der Waals surface area contributed by atoms with Crippen molar-refractivity contribution in [3.8, 4) is 0 Å². The van der Waals surface area contributed by atoms with E-state index < -0.39 is 0 Å². The Bertz CT molecular complexity index is 499. The third kappa shape index (κ3) is 2.90. The maximum Gasteiger partial charge on any atom is 0.274 e. The van der Waals surface area contributed by atoms with E-state index in [4.69, 9.17) is 0 Å². The topological polar surface area (TPSA) is 53.4 Å². The fraction of sp³-hybridized carbons (Fsp3) is 0.733. The van der Waals surface area contributed by atoms with Gasteiger partial charge in [0.25, 0.3) is 5.91 Å². The maximum atomic E-state index is 12.6. The molecule has 0 bridgehead atoms. The van der Waals surface area contributed by atoms with E-state index in [2.05, 4.69) is 36.0 Å². The van der Waals surface area contributed by atoms with Gasteiger partial charge in [-0.2, -0.15) is 0 Å². The first kappa shape index (κ1) is 14.4. The predicted octanol–water partition coefficient (Wildman–Crippen LogP) is 1.25. The van der Waals surface area contributed by atoms with Gasteiger partial charge in [-0.1, -0.05) is 0 Å². The van der Waals surface area contributed by atoms with Crippen LogP contribution in [0.5, 0.6) is 0 Å². The highest BCUT2D eigenvalue weighted by atomic mass is 16.2. The molecule has 1 N–H and O–H groups in total. The second-order valence-electron chi connectivity index (χ2n) is 6.87. The SMILES string of the molecule is CC(C)(C)N1CCN(C(=O)c2cn3c(n2)NCCC3)CC1. The number of carbonyl (C=O) groups is 1. The molecule has 3 rings (SSSR count). The average Bonchev–Trinajstić information content (AvgIpc) is 2.89. The summed E-state index contributed by atoms with van der Waals surface area (Å²) in [5, 5.41) is 3.24. The lowest BCUT2D eigenvalue weighted by Crippen LogP contribution is -2.54. The van der Waals surface area contributed by atoms with Crippen LogP contribution in [0.1, 0.15) is 37.7 Å². The lowest BCUT2D eigenvalue weighted by Gasteiger charge is -2.42. The van der Waals surface area contributed by atoms with Crippen LogP contribution in [0, 0.1) is 0 Å².